The summed E-state index contributed by atoms with van der Waals surface area (Å²) in [6.07, 6.45) is 0. The molecule has 3 aromatic rings. The van der Waals surface area contributed by atoms with Crippen LogP contribution in [0.5, 0.6) is 0 Å². The number of rotatable bonds is 10. The maximum Gasteiger partial charge on any atom is 0.264 e. The van der Waals surface area contributed by atoms with Crippen LogP contribution in [0.25, 0.3) is 0 Å². The van der Waals surface area contributed by atoms with E-state index in [0.717, 1.165) is 15.4 Å². The molecule has 10 heteroatoms. The zero-order valence-electron chi connectivity index (χ0n) is 22.6. The first-order valence-electron chi connectivity index (χ1n) is 12.5. The molecule has 39 heavy (non-hydrogen) atoms. The van der Waals surface area contributed by atoms with Crippen molar-refractivity contribution < 1.29 is 18.0 Å². The Hall–Kier alpha value is -3.07. The van der Waals surface area contributed by atoms with Crippen molar-refractivity contribution in [2.45, 2.75) is 58.1 Å². The smallest absolute Gasteiger partial charge is 0.264 e. The highest BCUT2D eigenvalue weighted by atomic mass is 35.5. The Morgan fingerprint density at radius 1 is 0.872 bits per heavy atom. The number of hydrogen-bond donors (Lipinski definition) is 1. The highest BCUT2D eigenvalue weighted by Gasteiger charge is 2.33. The summed E-state index contributed by atoms with van der Waals surface area (Å²) in [5.74, 6) is -0.898. The fourth-order valence-electron chi connectivity index (χ4n) is 3.98. The molecule has 0 heterocycles. The van der Waals surface area contributed by atoms with E-state index >= 15 is 0 Å². The predicted octanol–water partition coefficient (Wildman–Crippen LogP) is 5.75. The van der Waals surface area contributed by atoms with Crippen LogP contribution in [0.15, 0.2) is 71.6 Å². The van der Waals surface area contributed by atoms with Crippen molar-refractivity contribution in [1.82, 2.24) is 10.2 Å². The summed E-state index contributed by atoms with van der Waals surface area (Å²) >= 11 is 12.3. The molecule has 1 N–H and O–H groups in total. The Labute approximate surface area is 240 Å². The molecule has 0 aliphatic heterocycles. The van der Waals surface area contributed by atoms with Crippen molar-refractivity contribution in [3.05, 3.63) is 93.5 Å². The Kier molecular flexibility index (Phi) is 10.0. The predicted molar refractivity (Wildman–Crippen MR) is 157 cm³/mol. The van der Waals surface area contributed by atoms with Gasteiger partial charge in [-0.25, -0.2) is 8.42 Å². The second-order valence-electron chi connectivity index (χ2n) is 9.74. The minimum absolute atomic E-state index is 0.0372. The molecule has 0 radical (unpaired) electrons. The maximum absolute atomic E-state index is 13.9. The lowest BCUT2D eigenvalue weighted by Gasteiger charge is -2.32. The molecule has 0 aliphatic rings. The van der Waals surface area contributed by atoms with Gasteiger partial charge in [0.05, 0.1) is 10.6 Å². The molecule has 1 atom stereocenters. The summed E-state index contributed by atoms with van der Waals surface area (Å²) < 4.78 is 28.9. The number of nitrogens with one attached hydrogen (secondary N) is 1. The molecule has 3 aromatic carbocycles. The zero-order valence-corrected chi connectivity index (χ0v) is 24.9. The summed E-state index contributed by atoms with van der Waals surface area (Å²) in [6, 6.07) is 17.2. The van der Waals surface area contributed by atoms with Gasteiger partial charge in [-0.1, -0.05) is 59.1 Å². The van der Waals surface area contributed by atoms with Crippen LogP contribution in [-0.2, 0) is 26.2 Å². The average molecular weight is 591 g/mol. The molecular weight excluding hydrogens is 557 g/mol. The van der Waals surface area contributed by atoms with Gasteiger partial charge < -0.3 is 10.2 Å². The van der Waals surface area contributed by atoms with E-state index in [9.17, 15) is 18.0 Å². The van der Waals surface area contributed by atoms with Crippen molar-refractivity contribution >= 4 is 50.7 Å². The van der Waals surface area contributed by atoms with Gasteiger partial charge in [0.25, 0.3) is 10.0 Å². The van der Waals surface area contributed by atoms with Gasteiger partial charge in [0, 0.05) is 22.6 Å². The molecule has 0 saturated carbocycles. The number of nitrogens with zero attached hydrogens (tertiary/aromatic N) is 2. The SMILES string of the molecule is Cc1ccc(S(=O)(=O)N(CC(=O)N(Cc2ccc(Cl)cc2)[C@H](C)C(=O)NC(C)C)c2cc(Cl)ccc2C)cc1. The van der Waals surface area contributed by atoms with Gasteiger partial charge in [0.2, 0.25) is 11.8 Å². The number of carbonyl (C=O) groups excluding carboxylic acids is 2. The number of benzene rings is 3. The first-order valence-corrected chi connectivity index (χ1v) is 14.7. The fraction of sp³-hybridized carbons (Fsp3) is 0.310. The van der Waals surface area contributed by atoms with Gasteiger partial charge in [0.15, 0.2) is 0 Å². The minimum Gasteiger partial charge on any atom is -0.352 e. The van der Waals surface area contributed by atoms with Crippen LogP contribution in [-0.4, -0.2) is 43.8 Å². The van der Waals surface area contributed by atoms with Gasteiger partial charge >= 0.3 is 0 Å². The number of anilines is 1. The molecule has 2 amide bonds. The molecule has 0 unspecified atom stereocenters. The second-order valence-corrected chi connectivity index (χ2v) is 12.5. The molecule has 0 bridgehead atoms. The third kappa shape index (κ3) is 7.75. The number of aryl methyl sites for hydroxylation is 2. The van der Waals surface area contributed by atoms with E-state index in [1.165, 1.54) is 23.1 Å². The van der Waals surface area contributed by atoms with Gasteiger partial charge in [-0.15, -0.1) is 0 Å². The molecule has 0 fully saturated rings. The average Bonchev–Trinajstić information content (AvgIpc) is 2.87. The third-order valence-electron chi connectivity index (χ3n) is 6.19. The molecule has 7 nitrogen and oxygen atoms in total. The number of amides is 2. The first-order chi connectivity index (χ1) is 18.3. The maximum atomic E-state index is 13.9. The molecular formula is C29H33Cl2N3O4S. The minimum atomic E-state index is -4.17. The Bertz CT molecular complexity index is 1430. The summed E-state index contributed by atoms with van der Waals surface area (Å²) in [5.41, 5.74) is 2.54. The Balaban J connectivity index is 2.07. The van der Waals surface area contributed by atoms with Crippen molar-refractivity contribution in [3.8, 4) is 0 Å². The number of sulfonamides is 1. The highest BCUT2D eigenvalue weighted by molar-refractivity contribution is 7.92. The van der Waals surface area contributed by atoms with E-state index in [1.54, 1.807) is 62.4 Å². The highest BCUT2D eigenvalue weighted by Crippen LogP contribution is 2.30. The zero-order chi connectivity index (χ0) is 28.9. The van der Waals surface area contributed by atoms with Crippen LogP contribution in [0.2, 0.25) is 10.0 Å². The quantitative estimate of drug-likeness (QED) is 0.326. The lowest BCUT2D eigenvalue weighted by molar-refractivity contribution is -0.139. The molecule has 0 spiro atoms. The van der Waals surface area contributed by atoms with Gasteiger partial charge in [-0.3, -0.25) is 13.9 Å². The number of halogens is 2. The lowest BCUT2D eigenvalue weighted by Crippen LogP contribution is -2.52. The van der Waals surface area contributed by atoms with Gasteiger partial charge in [0.1, 0.15) is 12.6 Å². The van der Waals surface area contributed by atoms with Crippen molar-refractivity contribution in [2.24, 2.45) is 0 Å². The molecule has 0 aromatic heterocycles. The van der Waals surface area contributed by atoms with Crippen molar-refractivity contribution in [2.75, 3.05) is 10.8 Å². The van der Waals surface area contributed by atoms with Crippen LogP contribution in [0.3, 0.4) is 0 Å². The van der Waals surface area contributed by atoms with E-state index in [-0.39, 0.29) is 29.1 Å². The van der Waals surface area contributed by atoms with E-state index in [1.807, 2.05) is 20.8 Å². The summed E-state index contributed by atoms with van der Waals surface area (Å²) in [4.78, 5) is 28.3. The third-order valence-corrected chi connectivity index (χ3v) is 8.45. The largest absolute Gasteiger partial charge is 0.352 e. The van der Waals surface area contributed by atoms with E-state index in [0.29, 0.717) is 15.6 Å². The van der Waals surface area contributed by atoms with Crippen LogP contribution in [0, 0.1) is 13.8 Å². The Morgan fingerprint density at radius 2 is 1.46 bits per heavy atom. The van der Waals surface area contributed by atoms with Crippen LogP contribution < -0.4 is 9.62 Å². The summed E-state index contributed by atoms with van der Waals surface area (Å²) in [5, 5.41) is 3.70. The van der Waals surface area contributed by atoms with Crippen LogP contribution >= 0.6 is 23.2 Å². The summed E-state index contributed by atoms with van der Waals surface area (Å²) in [6.45, 7) is 8.42. The molecule has 3 rings (SSSR count). The monoisotopic (exact) mass is 589 g/mol. The second kappa shape index (κ2) is 12.9. The first kappa shape index (κ1) is 30.5. The molecule has 0 aliphatic carbocycles. The van der Waals surface area contributed by atoms with Crippen molar-refractivity contribution in [3.63, 3.8) is 0 Å². The van der Waals surface area contributed by atoms with Crippen LogP contribution in [0.4, 0.5) is 5.69 Å². The van der Waals surface area contributed by atoms with Gasteiger partial charge in [-0.2, -0.15) is 0 Å². The van der Waals surface area contributed by atoms with Crippen molar-refractivity contribution in [1.29, 1.82) is 0 Å². The van der Waals surface area contributed by atoms with E-state index in [2.05, 4.69) is 5.32 Å². The topological polar surface area (TPSA) is 86.8 Å². The number of carbonyl (C=O) groups is 2. The standard InChI is InChI=1S/C29H33Cl2N3O4S/c1-19(2)32-29(36)22(5)33(17-23-9-12-24(30)13-10-23)28(35)18-34(27-16-25(31)11-8-21(27)4)39(37,38)26-14-6-20(3)7-15-26/h6-16,19,22H,17-18H2,1-5H3,(H,32,36)/t22-/m1/s1. The van der Waals surface area contributed by atoms with E-state index in [4.69, 9.17) is 23.2 Å². The Morgan fingerprint density at radius 3 is 2.05 bits per heavy atom. The fourth-order valence-corrected chi connectivity index (χ4v) is 5.74. The molecule has 208 valence electrons. The van der Waals surface area contributed by atoms with Gasteiger partial charge in [-0.05, 0) is 82.1 Å². The summed E-state index contributed by atoms with van der Waals surface area (Å²) in [7, 11) is -4.17. The molecule has 0 saturated heterocycles. The lowest BCUT2D eigenvalue weighted by atomic mass is 10.1. The normalized spacial score (nSPS) is 12.2. The number of hydrogen-bond acceptors (Lipinski definition) is 4. The van der Waals surface area contributed by atoms with E-state index < -0.39 is 28.5 Å². The van der Waals surface area contributed by atoms with Crippen LogP contribution in [0.1, 0.15) is 37.5 Å².